The van der Waals surface area contributed by atoms with Gasteiger partial charge in [-0.2, -0.15) is 0 Å². The van der Waals surface area contributed by atoms with E-state index in [4.69, 9.17) is 14.2 Å². The molecule has 0 aliphatic rings. The Kier molecular flexibility index (Phi) is 51.5. The number of hydrogen-bond donors (Lipinski definition) is 0. The van der Waals surface area contributed by atoms with E-state index >= 15 is 0 Å². The lowest BCUT2D eigenvalue weighted by Crippen LogP contribution is -2.30. The molecular formula is C60H116O6. The van der Waals surface area contributed by atoms with Crippen LogP contribution in [0.25, 0.3) is 0 Å². The van der Waals surface area contributed by atoms with E-state index in [1.165, 1.54) is 225 Å². The second-order valence-corrected chi connectivity index (χ2v) is 21.1. The van der Waals surface area contributed by atoms with Crippen molar-refractivity contribution in [2.45, 2.75) is 343 Å². The van der Waals surface area contributed by atoms with Crippen LogP contribution in [0.15, 0.2) is 0 Å². The molecule has 0 heterocycles. The summed E-state index contributed by atoms with van der Waals surface area (Å²) in [7, 11) is 0. The zero-order valence-corrected chi connectivity index (χ0v) is 45.3. The molecule has 6 heteroatoms. The van der Waals surface area contributed by atoms with Crippen molar-refractivity contribution in [3.05, 3.63) is 0 Å². The highest BCUT2D eigenvalue weighted by atomic mass is 16.6. The topological polar surface area (TPSA) is 78.9 Å². The molecule has 0 saturated heterocycles. The van der Waals surface area contributed by atoms with Gasteiger partial charge in [0.2, 0.25) is 0 Å². The molecule has 392 valence electrons. The van der Waals surface area contributed by atoms with Crippen molar-refractivity contribution in [1.82, 2.24) is 0 Å². The molecule has 2 unspecified atom stereocenters. The zero-order valence-electron chi connectivity index (χ0n) is 45.3. The molecule has 0 aliphatic heterocycles. The van der Waals surface area contributed by atoms with Gasteiger partial charge in [-0.05, 0) is 31.1 Å². The summed E-state index contributed by atoms with van der Waals surface area (Å²) >= 11 is 0. The van der Waals surface area contributed by atoms with Crippen LogP contribution in [0.4, 0.5) is 0 Å². The maximum Gasteiger partial charge on any atom is 0.306 e. The molecule has 66 heavy (non-hydrogen) atoms. The van der Waals surface area contributed by atoms with Crippen molar-refractivity contribution in [2.75, 3.05) is 13.2 Å². The number of esters is 3. The lowest BCUT2D eigenvalue weighted by molar-refractivity contribution is -0.167. The quantitative estimate of drug-likeness (QED) is 0.0343. The SMILES string of the molecule is CCCCCCCCCCCCCCCCC(=O)O[C@@H](COC(=O)CCCCCCCCCCCCCCCCCCCCC(C)CC)COC(=O)CCCCCCCCCCC(C)CC. The first kappa shape index (κ1) is 64.4. The number of unbranched alkanes of at least 4 members (excludes halogenated alkanes) is 37. The molecule has 0 aromatic heterocycles. The highest BCUT2D eigenvalue weighted by molar-refractivity contribution is 5.71. The van der Waals surface area contributed by atoms with E-state index in [0.29, 0.717) is 19.3 Å². The average Bonchev–Trinajstić information content (AvgIpc) is 3.32. The van der Waals surface area contributed by atoms with Gasteiger partial charge < -0.3 is 14.2 Å². The predicted octanol–water partition coefficient (Wildman–Crippen LogP) is 19.7. The van der Waals surface area contributed by atoms with Crippen LogP contribution in [0.2, 0.25) is 0 Å². The van der Waals surface area contributed by atoms with Crippen LogP contribution < -0.4 is 0 Å². The summed E-state index contributed by atoms with van der Waals surface area (Å²) in [5, 5.41) is 0. The van der Waals surface area contributed by atoms with E-state index in [1.807, 2.05) is 0 Å². The van der Waals surface area contributed by atoms with Gasteiger partial charge >= 0.3 is 17.9 Å². The van der Waals surface area contributed by atoms with Gasteiger partial charge in [0, 0.05) is 19.3 Å². The van der Waals surface area contributed by atoms with Gasteiger partial charge in [-0.25, -0.2) is 0 Å². The highest BCUT2D eigenvalue weighted by Crippen LogP contribution is 2.19. The standard InChI is InChI=1S/C60H116O6/c1-6-9-10-11-12-13-14-15-23-27-30-37-42-47-52-60(63)66-57(54-65-59(62)51-46-41-36-32-31-34-39-44-49-56(5)8-3)53-64-58(61)50-45-40-35-29-26-24-21-19-17-16-18-20-22-25-28-33-38-43-48-55(4)7-2/h55-57H,6-54H2,1-5H3/t55?,56?,57-/m0/s1. The summed E-state index contributed by atoms with van der Waals surface area (Å²) in [4.78, 5) is 38.1. The molecule has 6 nitrogen and oxygen atoms in total. The molecule has 0 radical (unpaired) electrons. The number of ether oxygens (including phenoxy) is 3. The highest BCUT2D eigenvalue weighted by Gasteiger charge is 2.19. The third-order valence-corrected chi connectivity index (χ3v) is 14.4. The van der Waals surface area contributed by atoms with Crippen molar-refractivity contribution in [1.29, 1.82) is 0 Å². The minimum Gasteiger partial charge on any atom is -0.462 e. The summed E-state index contributed by atoms with van der Waals surface area (Å²) in [5.74, 6) is 0.918. The van der Waals surface area contributed by atoms with Crippen LogP contribution in [0.1, 0.15) is 336 Å². The Hall–Kier alpha value is -1.59. The van der Waals surface area contributed by atoms with Crippen molar-refractivity contribution in [3.8, 4) is 0 Å². The lowest BCUT2D eigenvalue weighted by atomic mass is 9.99. The van der Waals surface area contributed by atoms with Gasteiger partial charge in [0.05, 0.1) is 0 Å². The second-order valence-electron chi connectivity index (χ2n) is 21.1. The molecule has 0 rings (SSSR count). The molecule has 0 bridgehead atoms. The molecule has 0 aromatic carbocycles. The Bertz CT molecular complexity index is 1010. The first-order valence-corrected chi connectivity index (χ1v) is 29.8. The Balaban J connectivity index is 4.22. The Labute approximate surface area is 412 Å². The van der Waals surface area contributed by atoms with Gasteiger partial charge in [0.25, 0.3) is 0 Å². The van der Waals surface area contributed by atoms with Crippen molar-refractivity contribution in [2.24, 2.45) is 11.8 Å². The molecule has 3 atom stereocenters. The van der Waals surface area contributed by atoms with Crippen molar-refractivity contribution >= 4 is 17.9 Å². The largest absolute Gasteiger partial charge is 0.462 e. The second kappa shape index (κ2) is 52.8. The summed E-state index contributed by atoms with van der Waals surface area (Å²) in [6.45, 7) is 11.5. The minimum absolute atomic E-state index is 0.0628. The molecule has 0 fully saturated rings. The third-order valence-electron chi connectivity index (χ3n) is 14.4. The fourth-order valence-corrected chi connectivity index (χ4v) is 9.16. The van der Waals surface area contributed by atoms with Gasteiger partial charge in [-0.1, -0.05) is 298 Å². The van der Waals surface area contributed by atoms with Crippen LogP contribution >= 0.6 is 0 Å². The first-order chi connectivity index (χ1) is 32.3. The molecule has 0 spiro atoms. The summed E-state index contributed by atoms with van der Waals surface area (Å²) in [6.07, 6.45) is 56.6. The van der Waals surface area contributed by atoms with Crippen LogP contribution in [0, 0.1) is 11.8 Å². The summed E-state index contributed by atoms with van der Waals surface area (Å²) in [6, 6.07) is 0. The molecule has 0 amide bonds. The van der Waals surface area contributed by atoms with Crippen LogP contribution in [-0.2, 0) is 28.6 Å². The minimum atomic E-state index is -0.763. The number of carbonyl (C=O) groups excluding carboxylic acids is 3. The maximum absolute atomic E-state index is 12.8. The zero-order chi connectivity index (χ0) is 48.2. The van der Waals surface area contributed by atoms with Crippen LogP contribution in [0.5, 0.6) is 0 Å². The number of hydrogen-bond acceptors (Lipinski definition) is 6. The summed E-state index contributed by atoms with van der Waals surface area (Å²) < 4.78 is 16.9. The van der Waals surface area contributed by atoms with Crippen LogP contribution in [0.3, 0.4) is 0 Å². The lowest BCUT2D eigenvalue weighted by Gasteiger charge is -2.18. The Morgan fingerprint density at radius 1 is 0.303 bits per heavy atom. The number of carbonyl (C=O) groups is 3. The predicted molar refractivity (Wildman–Crippen MR) is 284 cm³/mol. The first-order valence-electron chi connectivity index (χ1n) is 29.8. The summed E-state index contributed by atoms with van der Waals surface area (Å²) in [5.41, 5.74) is 0. The van der Waals surface area contributed by atoms with Gasteiger partial charge in [-0.15, -0.1) is 0 Å². The maximum atomic E-state index is 12.8. The van der Waals surface area contributed by atoms with Gasteiger partial charge in [0.15, 0.2) is 6.10 Å². The molecule has 0 aromatic rings. The van der Waals surface area contributed by atoms with E-state index in [2.05, 4.69) is 34.6 Å². The molecular weight excluding hydrogens is 817 g/mol. The molecule has 0 saturated carbocycles. The fraction of sp³-hybridized carbons (Fsp3) is 0.950. The van der Waals surface area contributed by atoms with Gasteiger partial charge in [-0.3, -0.25) is 14.4 Å². The van der Waals surface area contributed by atoms with Crippen molar-refractivity contribution < 1.29 is 28.6 Å². The van der Waals surface area contributed by atoms with Gasteiger partial charge in [0.1, 0.15) is 13.2 Å². The van der Waals surface area contributed by atoms with E-state index in [1.54, 1.807) is 0 Å². The van der Waals surface area contributed by atoms with E-state index in [0.717, 1.165) is 69.6 Å². The fourth-order valence-electron chi connectivity index (χ4n) is 9.16. The van der Waals surface area contributed by atoms with E-state index in [-0.39, 0.29) is 31.1 Å². The van der Waals surface area contributed by atoms with E-state index < -0.39 is 6.10 Å². The monoisotopic (exact) mass is 933 g/mol. The Morgan fingerprint density at radius 3 is 0.788 bits per heavy atom. The molecule has 0 N–H and O–H groups in total. The smallest absolute Gasteiger partial charge is 0.306 e. The Morgan fingerprint density at radius 2 is 0.530 bits per heavy atom. The molecule has 0 aliphatic carbocycles. The van der Waals surface area contributed by atoms with Crippen molar-refractivity contribution in [3.63, 3.8) is 0 Å². The third kappa shape index (κ3) is 50.3. The van der Waals surface area contributed by atoms with E-state index in [9.17, 15) is 14.4 Å². The normalized spacial score (nSPS) is 12.9. The number of rotatable bonds is 54. The van der Waals surface area contributed by atoms with Crippen LogP contribution in [-0.4, -0.2) is 37.2 Å². The average molecular weight is 934 g/mol.